The van der Waals surface area contributed by atoms with Crippen molar-refractivity contribution in [3.05, 3.63) is 75.6 Å². The predicted molar refractivity (Wildman–Crippen MR) is 184 cm³/mol. The molecule has 13 heteroatoms. The second kappa shape index (κ2) is 11.5. The summed E-state index contributed by atoms with van der Waals surface area (Å²) in [5, 5.41) is 14.4. The molecule has 0 radical (unpaired) electrons. The number of benzene rings is 3. The molecule has 1 aliphatic carbocycles. The van der Waals surface area contributed by atoms with Gasteiger partial charge in [-0.2, -0.15) is 15.2 Å². The van der Waals surface area contributed by atoms with E-state index < -0.39 is 11.6 Å². The van der Waals surface area contributed by atoms with Crippen LogP contribution >= 0.6 is 22.9 Å². The van der Waals surface area contributed by atoms with Crippen LogP contribution in [0.3, 0.4) is 0 Å². The summed E-state index contributed by atoms with van der Waals surface area (Å²) in [4.78, 5) is 14.0. The highest BCUT2D eigenvalue weighted by molar-refractivity contribution is 7.23. The van der Waals surface area contributed by atoms with Crippen LogP contribution in [-0.4, -0.2) is 53.2 Å². The topological polar surface area (TPSA) is 103 Å². The van der Waals surface area contributed by atoms with Crippen LogP contribution in [-0.2, 0) is 13.1 Å². The number of piperazine rings is 1. The van der Waals surface area contributed by atoms with E-state index in [1.807, 2.05) is 6.07 Å². The molecule has 250 valence electrons. The Hall–Kier alpha value is -4.15. The molecular formula is C36H31ClF3N7OS. The minimum absolute atomic E-state index is 0.00754. The first kappa shape index (κ1) is 30.9. The fourth-order valence-electron chi connectivity index (χ4n) is 7.95. The Kier molecular flexibility index (Phi) is 7.22. The largest absolute Gasteiger partial charge is 0.463 e. The standard InChI is InChI=1S/C36H31ClF3N7OS/c37-26-10-24-31(30(40)29(26)23-5-6-27(39)32-28(23)25(11-41)33(42)49-32)44-35(45-34(24)47-14-21-3-4-22(15-47)43-21)48-17-36(7-8-36)16-46-12-18-1-2-20(38)9-19(18)13-46/h1-2,5-6,9-10,21-22,43H,3-4,7-8,12-17,42H2. The van der Waals surface area contributed by atoms with Gasteiger partial charge in [0.25, 0.3) is 0 Å². The van der Waals surface area contributed by atoms with Crippen molar-refractivity contribution < 1.29 is 17.9 Å². The average Bonchev–Trinajstić information content (AvgIpc) is 3.39. The molecule has 2 unspecified atom stereocenters. The quantitative estimate of drug-likeness (QED) is 0.185. The van der Waals surface area contributed by atoms with Gasteiger partial charge in [0, 0.05) is 66.6 Å². The van der Waals surface area contributed by atoms with Crippen LogP contribution in [0, 0.1) is 34.2 Å². The van der Waals surface area contributed by atoms with Crippen LogP contribution in [0.4, 0.5) is 24.0 Å². The summed E-state index contributed by atoms with van der Waals surface area (Å²) < 4.78 is 52.2. The Balaban J connectivity index is 1.10. The van der Waals surface area contributed by atoms with Gasteiger partial charge < -0.3 is 20.7 Å². The molecule has 2 atom stereocenters. The molecule has 8 nitrogen and oxygen atoms in total. The third-order valence-corrected chi connectivity index (χ3v) is 11.9. The molecule has 49 heavy (non-hydrogen) atoms. The van der Waals surface area contributed by atoms with Crippen LogP contribution in [0.2, 0.25) is 5.02 Å². The number of nitrogen functional groups attached to an aromatic ring is 1. The van der Waals surface area contributed by atoms with Gasteiger partial charge >= 0.3 is 6.01 Å². The number of nitrogens with zero attached hydrogens (tertiary/aromatic N) is 5. The van der Waals surface area contributed by atoms with Crippen LogP contribution in [0.15, 0.2) is 36.4 Å². The molecule has 2 bridgehead atoms. The van der Waals surface area contributed by atoms with Crippen molar-refractivity contribution in [3.8, 4) is 23.2 Å². The van der Waals surface area contributed by atoms with Gasteiger partial charge in [-0.1, -0.05) is 23.7 Å². The SMILES string of the molecule is N#Cc1c(N)sc2c(F)ccc(-c3c(Cl)cc4c(N5CC6CCC(C5)N6)nc(OCC5(CN6Cc7ccc(F)cc7C6)CC5)nc4c3F)c12. The van der Waals surface area contributed by atoms with Crippen LogP contribution in [0.5, 0.6) is 6.01 Å². The summed E-state index contributed by atoms with van der Waals surface area (Å²) in [6.45, 7) is 3.97. The van der Waals surface area contributed by atoms with E-state index >= 15 is 4.39 Å². The van der Waals surface area contributed by atoms with Crippen molar-refractivity contribution in [2.24, 2.45) is 5.41 Å². The number of rotatable bonds is 7. The maximum Gasteiger partial charge on any atom is 0.319 e. The Morgan fingerprint density at radius 2 is 1.84 bits per heavy atom. The van der Waals surface area contributed by atoms with E-state index in [-0.39, 0.29) is 59.6 Å². The lowest BCUT2D eigenvalue weighted by atomic mass is 9.97. The Morgan fingerprint density at radius 3 is 2.59 bits per heavy atom. The third kappa shape index (κ3) is 5.26. The highest BCUT2D eigenvalue weighted by Crippen LogP contribution is 2.49. The number of nitriles is 1. The highest BCUT2D eigenvalue weighted by Gasteiger charge is 2.46. The second-order valence-electron chi connectivity index (χ2n) is 13.9. The molecule has 3 N–H and O–H groups in total. The summed E-state index contributed by atoms with van der Waals surface area (Å²) in [5.74, 6) is -0.938. The monoisotopic (exact) mass is 701 g/mol. The van der Waals surface area contributed by atoms with Crippen LogP contribution in [0.1, 0.15) is 42.4 Å². The van der Waals surface area contributed by atoms with Gasteiger partial charge in [-0.25, -0.2) is 13.2 Å². The zero-order chi connectivity index (χ0) is 33.6. The normalized spacial score (nSPS) is 21.0. The molecule has 5 heterocycles. The van der Waals surface area contributed by atoms with Crippen molar-refractivity contribution in [2.75, 3.05) is 36.9 Å². The molecule has 0 amide bonds. The number of fused-ring (bicyclic) bond motifs is 5. The molecule has 5 aromatic rings. The molecule has 9 rings (SSSR count). The van der Waals surface area contributed by atoms with Gasteiger partial charge in [-0.05, 0) is 66.6 Å². The molecule has 2 saturated heterocycles. The summed E-state index contributed by atoms with van der Waals surface area (Å²) in [7, 11) is 0. The van der Waals surface area contributed by atoms with E-state index in [0.717, 1.165) is 61.2 Å². The van der Waals surface area contributed by atoms with E-state index in [0.29, 0.717) is 49.5 Å². The summed E-state index contributed by atoms with van der Waals surface area (Å²) >= 11 is 7.81. The van der Waals surface area contributed by atoms with Gasteiger partial charge in [-0.15, -0.1) is 11.3 Å². The fraction of sp³-hybridized carbons (Fsp3) is 0.361. The lowest BCUT2D eigenvalue weighted by molar-refractivity contribution is 0.154. The number of hydrogen-bond acceptors (Lipinski definition) is 9. The lowest BCUT2D eigenvalue weighted by Crippen LogP contribution is -2.51. The van der Waals surface area contributed by atoms with E-state index in [4.69, 9.17) is 27.1 Å². The maximum atomic E-state index is 17.0. The first-order valence-corrected chi connectivity index (χ1v) is 17.6. The van der Waals surface area contributed by atoms with Crippen molar-refractivity contribution in [1.29, 1.82) is 5.26 Å². The molecule has 3 fully saturated rings. The summed E-state index contributed by atoms with van der Waals surface area (Å²) in [5.41, 5.74) is 8.51. The van der Waals surface area contributed by atoms with Crippen molar-refractivity contribution in [1.82, 2.24) is 20.2 Å². The van der Waals surface area contributed by atoms with Crippen LogP contribution in [0.25, 0.3) is 32.1 Å². The number of nitrogens with one attached hydrogen (secondary N) is 1. The van der Waals surface area contributed by atoms with E-state index in [9.17, 15) is 14.0 Å². The highest BCUT2D eigenvalue weighted by atomic mass is 35.5. The van der Waals surface area contributed by atoms with Crippen molar-refractivity contribution in [3.63, 3.8) is 0 Å². The molecule has 2 aromatic heterocycles. The number of thiophene rings is 1. The second-order valence-corrected chi connectivity index (χ2v) is 15.4. The van der Waals surface area contributed by atoms with Gasteiger partial charge in [0.2, 0.25) is 0 Å². The molecule has 3 aliphatic heterocycles. The van der Waals surface area contributed by atoms with Gasteiger partial charge in [0.15, 0.2) is 5.82 Å². The minimum atomic E-state index is -0.709. The van der Waals surface area contributed by atoms with E-state index in [2.05, 4.69) is 26.2 Å². The van der Waals surface area contributed by atoms with Crippen LogP contribution < -0.4 is 20.7 Å². The molecular weight excluding hydrogens is 671 g/mol. The zero-order valence-corrected chi connectivity index (χ0v) is 27.9. The Bertz CT molecular complexity index is 2220. The number of hydrogen-bond donors (Lipinski definition) is 2. The molecule has 1 saturated carbocycles. The first-order chi connectivity index (χ1) is 23.7. The first-order valence-electron chi connectivity index (χ1n) is 16.4. The van der Waals surface area contributed by atoms with Crippen molar-refractivity contribution in [2.45, 2.75) is 50.9 Å². The Labute approximate surface area is 289 Å². The number of anilines is 2. The number of aromatic nitrogens is 2. The van der Waals surface area contributed by atoms with E-state index in [1.54, 1.807) is 12.1 Å². The van der Waals surface area contributed by atoms with Crippen molar-refractivity contribution >= 4 is 54.7 Å². The lowest BCUT2D eigenvalue weighted by Gasteiger charge is -2.34. The Morgan fingerprint density at radius 1 is 1.06 bits per heavy atom. The number of nitrogens with two attached hydrogens (primary N) is 1. The fourth-order valence-corrected chi connectivity index (χ4v) is 9.20. The minimum Gasteiger partial charge on any atom is -0.463 e. The van der Waals surface area contributed by atoms with Gasteiger partial charge in [0.1, 0.15) is 34.0 Å². The predicted octanol–water partition coefficient (Wildman–Crippen LogP) is 7.15. The average molecular weight is 702 g/mol. The maximum absolute atomic E-state index is 17.0. The molecule has 0 spiro atoms. The van der Waals surface area contributed by atoms with Gasteiger partial charge in [0.05, 0.1) is 21.9 Å². The number of ether oxygens (including phenoxy) is 1. The van der Waals surface area contributed by atoms with Gasteiger partial charge in [-0.3, -0.25) is 4.90 Å². The summed E-state index contributed by atoms with van der Waals surface area (Å²) in [6.07, 6.45) is 4.03. The molecule has 4 aliphatic rings. The smallest absolute Gasteiger partial charge is 0.319 e. The zero-order valence-electron chi connectivity index (χ0n) is 26.3. The van der Waals surface area contributed by atoms with E-state index in [1.165, 1.54) is 18.2 Å². The number of halogens is 4. The molecule has 3 aromatic carbocycles. The third-order valence-electron chi connectivity index (χ3n) is 10.5. The summed E-state index contributed by atoms with van der Waals surface area (Å²) in [6, 6.07) is 12.0.